The van der Waals surface area contributed by atoms with E-state index in [9.17, 15) is 0 Å². The lowest BCUT2D eigenvalue weighted by Gasteiger charge is -2.22. The molecule has 0 heterocycles. The van der Waals surface area contributed by atoms with Crippen molar-refractivity contribution in [2.75, 3.05) is 14.2 Å². The summed E-state index contributed by atoms with van der Waals surface area (Å²) in [7, 11) is 3.46. The second kappa shape index (κ2) is 2.84. The van der Waals surface area contributed by atoms with Gasteiger partial charge in [-0.1, -0.05) is 6.58 Å². The van der Waals surface area contributed by atoms with Gasteiger partial charge in [0.15, 0.2) is 0 Å². The van der Waals surface area contributed by atoms with Crippen molar-refractivity contribution in [1.82, 2.24) is 5.32 Å². The SMILES string of the molecule is C=CC(C)(NC)OC. The first kappa shape index (κ1) is 7.66. The van der Waals surface area contributed by atoms with Gasteiger partial charge in [-0.3, -0.25) is 5.32 Å². The van der Waals surface area contributed by atoms with Crippen molar-refractivity contribution in [1.29, 1.82) is 0 Å². The summed E-state index contributed by atoms with van der Waals surface area (Å²) in [6, 6.07) is 0. The van der Waals surface area contributed by atoms with E-state index in [-0.39, 0.29) is 5.72 Å². The van der Waals surface area contributed by atoms with Gasteiger partial charge in [-0.05, 0) is 20.0 Å². The largest absolute Gasteiger partial charge is 0.361 e. The predicted octanol–water partition coefficient (Wildman–Crippen LogP) is 0.754. The first-order chi connectivity index (χ1) is 3.68. The lowest BCUT2D eigenvalue weighted by atomic mass is 10.3. The molecular formula is C6H13NO. The van der Waals surface area contributed by atoms with Crippen molar-refractivity contribution in [2.45, 2.75) is 12.6 Å². The van der Waals surface area contributed by atoms with Crippen molar-refractivity contribution in [3.63, 3.8) is 0 Å². The minimum absolute atomic E-state index is 0.361. The Bertz CT molecular complexity index is 76.6. The second-order valence-electron chi connectivity index (χ2n) is 1.77. The molecule has 0 amide bonds. The fourth-order valence-corrected chi connectivity index (χ4v) is 0.287. The average Bonchev–Trinajstić information content (AvgIpc) is 1.87. The molecule has 8 heavy (non-hydrogen) atoms. The molecule has 0 aromatic carbocycles. The average molecular weight is 115 g/mol. The summed E-state index contributed by atoms with van der Waals surface area (Å²) in [6.45, 7) is 5.49. The minimum Gasteiger partial charge on any atom is -0.361 e. The van der Waals surface area contributed by atoms with E-state index in [0.29, 0.717) is 0 Å². The third-order valence-electron chi connectivity index (χ3n) is 1.31. The van der Waals surface area contributed by atoms with Gasteiger partial charge in [-0.15, -0.1) is 0 Å². The van der Waals surface area contributed by atoms with E-state index >= 15 is 0 Å². The minimum atomic E-state index is -0.361. The van der Waals surface area contributed by atoms with Crippen molar-refractivity contribution in [3.8, 4) is 0 Å². The Kier molecular flexibility index (Phi) is 2.72. The summed E-state index contributed by atoms with van der Waals surface area (Å²) < 4.78 is 5.01. The number of rotatable bonds is 3. The van der Waals surface area contributed by atoms with Crippen LogP contribution in [0, 0.1) is 0 Å². The van der Waals surface area contributed by atoms with Crippen molar-refractivity contribution in [2.24, 2.45) is 0 Å². The molecule has 0 bridgehead atoms. The number of likely N-dealkylation sites (N-methyl/N-ethyl adjacent to an activating group) is 1. The van der Waals surface area contributed by atoms with Crippen LogP contribution in [-0.4, -0.2) is 19.9 Å². The van der Waals surface area contributed by atoms with Crippen molar-refractivity contribution in [3.05, 3.63) is 12.7 Å². The molecule has 0 aromatic rings. The zero-order valence-electron chi connectivity index (χ0n) is 5.69. The quantitative estimate of drug-likeness (QED) is 0.433. The van der Waals surface area contributed by atoms with Gasteiger partial charge >= 0.3 is 0 Å². The molecule has 0 aliphatic carbocycles. The Balaban J connectivity index is 3.76. The molecule has 2 heteroatoms. The fraction of sp³-hybridized carbons (Fsp3) is 0.667. The summed E-state index contributed by atoms with van der Waals surface area (Å²) in [5, 5.41) is 2.94. The smallest absolute Gasteiger partial charge is 0.134 e. The number of ether oxygens (including phenoxy) is 1. The molecule has 48 valence electrons. The van der Waals surface area contributed by atoms with Crippen LogP contribution in [0.5, 0.6) is 0 Å². The second-order valence-corrected chi connectivity index (χ2v) is 1.77. The highest BCUT2D eigenvalue weighted by Gasteiger charge is 2.13. The van der Waals surface area contributed by atoms with E-state index in [1.807, 2.05) is 14.0 Å². The van der Waals surface area contributed by atoms with Crippen LogP contribution in [0.25, 0.3) is 0 Å². The van der Waals surface area contributed by atoms with E-state index in [2.05, 4.69) is 11.9 Å². The molecule has 0 aliphatic rings. The van der Waals surface area contributed by atoms with Crippen molar-refractivity contribution >= 4 is 0 Å². The van der Waals surface area contributed by atoms with Gasteiger partial charge in [0, 0.05) is 7.11 Å². The van der Waals surface area contributed by atoms with Gasteiger partial charge in [0.1, 0.15) is 5.72 Å². The van der Waals surface area contributed by atoms with Crippen LogP contribution >= 0.6 is 0 Å². The molecule has 0 saturated carbocycles. The van der Waals surface area contributed by atoms with Gasteiger partial charge in [0.2, 0.25) is 0 Å². The van der Waals surface area contributed by atoms with Gasteiger partial charge in [0.25, 0.3) is 0 Å². The summed E-state index contributed by atoms with van der Waals surface area (Å²) >= 11 is 0. The molecule has 0 saturated heterocycles. The topological polar surface area (TPSA) is 21.3 Å². The monoisotopic (exact) mass is 115 g/mol. The summed E-state index contributed by atoms with van der Waals surface area (Å²) in [6.07, 6.45) is 1.72. The zero-order chi connectivity index (χ0) is 6.62. The standard InChI is InChI=1S/C6H13NO/c1-5-6(2,7-3)8-4/h5,7H,1H2,2-4H3. The number of hydrogen-bond donors (Lipinski definition) is 1. The number of nitrogens with one attached hydrogen (secondary N) is 1. The third kappa shape index (κ3) is 1.64. The molecule has 0 aliphatic heterocycles. The maximum Gasteiger partial charge on any atom is 0.134 e. The van der Waals surface area contributed by atoms with E-state index in [1.165, 1.54) is 0 Å². The predicted molar refractivity (Wildman–Crippen MR) is 34.7 cm³/mol. The maximum atomic E-state index is 5.01. The fourth-order valence-electron chi connectivity index (χ4n) is 0.287. The number of hydrogen-bond acceptors (Lipinski definition) is 2. The lowest BCUT2D eigenvalue weighted by molar-refractivity contribution is 0.0260. The van der Waals surface area contributed by atoms with E-state index < -0.39 is 0 Å². The van der Waals surface area contributed by atoms with Crippen molar-refractivity contribution < 1.29 is 4.74 Å². The van der Waals surface area contributed by atoms with Gasteiger partial charge in [0.05, 0.1) is 0 Å². The molecule has 0 rings (SSSR count). The Morgan fingerprint density at radius 1 is 1.75 bits per heavy atom. The summed E-state index contributed by atoms with van der Waals surface area (Å²) in [4.78, 5) is 0. The Labute approximate surface area is 50.5 Å². The van der Waals surface area contributed by atoms with E-state index in [0.717, 1.165) is 0 Å². The number of methoxy groups -OCH3 is 1. The normalized spacial score (nSPS) is 17.4. The molecule has 1 atom stereocenters. The van der Waals surface area contributed by atoms with E-state index in [1.54, 1.807) is 13.2 Å². The van der Waals surface area contributed by atoms with Gasteiger partial charge in [-0.2, -0.15) is 0 Å². The summed E-state index contributed by atoms with van der Waals surface area (Å²) in [5.74, 6) is 0. The van der Waals surface area contributed by atoms with Crippen LogP contribution < -0.4 is 5.32 Å². The summed E-state index contributed by atoms with van der Waals surface area (Å²) in [5.41, 5.74) is -0.361. The third-order valence-corrected chi connectivity index (χ3v) is 1.31. The highest BCUT2D eigenvalue weighted by molar-refractivity contribution is 4.89. The first-order valence-corrected chi connectivity index (χ1v) is 2.56. The van der Waals surface area contributed by atoms with Crippen LogP contribution in [0.3, 0.4) is 0 Å². The highest BCUT2D eigenvalue weighted by Crippen LogP contribution is 2.02. The van der Waals surface area contributed by atoms with Gasteiger partial charge in [-0.25, -0.2) is 0 Å². The van der Waals surface area contributed by atoms with Crippen LogP contribution in [0.1, 0.15) is 6.92 Å². The zero-order valence-corrected chi connectivity index (χ0v) is 5.69. The highest BCUT2D eigenvalue weighted by atomic mass is 16.5. The van der Waals surface area contributed by atoms with Gasteiger partial charge < -0.3 is 4.74 Å². The Hall–Kier alpha value is -0.340. The molecule has 0 aromatic heterocycles. The molecule has 0 fully saturated rings. The van der Waals surface area contributed by atoms with Crippen LogP contribution in [0.15, 0.2) is 12.7 Å². The molecule has 0 spiro atoms. The van der Waals surface area contributed by atoms with Crippen LogP contribution in [0.4, 0.5) is 0 Å². The van der Waals surface area contributed by atoms with Crippen LogP contribution in [-0.2, 0) is 4.74 Å². The maximum absolute atomic E-state index is 5.01. The Morgan fingerprint density at radius 2 is 2.25 bits per heavy atom. The molecule has 1 N–H and O–H groups in total. The first-order valence-electron chi connectivity index (χ1n) is 2.56. The van der Waals surface area contributed by atoms with Crippen LogP contribution in [0.2, 0.25) is 0 Å². The molecule has 0 radical (unpaired) electrons. The molecule has 1 unspecified atom stereocenters. The molecular weight excluding hydrogens is 102 g/mol. The lowest BCUT2D eigenvalue weighted by Crippen LogP contribution is -2.38. The Morgan fingerprint density at radius 3 is 2.25 bits per heavy atom. The van der Waals surface area contributed by atoms with E-state index in [4.69, 9.17) is 4.74 Å². The molecule has 2 nitrogen and oxygen atoms in total.